The number of carboxylic acids is 3. The maximum Gasteiger partial charge on any atom is 0.330 e. The van der Waals surface area contributed by atoms with Crippen molar-refractivity contribution in [1.29, 1.82) is 0 Å². The van der Waals surface area contributed by atoms with Crippen LogP contribution >= 0.6 is 0 Å². The third-order valence-corrected chi connectivity index (χ3v) is 1.32. The van der Waals surface area contributed by atoms with E-state index in [0.717, 1.165) is 0 Å². The molecule has 0 bridgehead atoms. The summed E-state index contributed by atoms with van der Waals surface area (Å²) < 4.78 is 0. The van der Waals surface area contributed by atoms with Crippen molar-refractivity contribution in [3.63, 3.8) is 0 Å². The first-order valence-electron chi connectivity index (χ1n) is 4.11. The fraction of sp³-hybridized carbons (Fsp3) is 0.444. The number of carboxylic acid groups (broad SMARTS) is 3. The van der Waals surface area contributed by atoms with Gasteiger partial charge in [-0.15, -0.1) is 0 Å². The van der Waals surface area contributed by atoms with Crippen molar-refractivity contribution in [2.75, 3.05) is 0 Å². The van der Waals surface area contributed by atoms with Crippen molar-refractivity contribution >= 4 is 17.9 Å². The van der Waals surface area contributed by atoms with Crippen LogP contribution in [0.4, 0.5) is 0 Å². The van der Waals surface area contributed by atoms with Crippen molar-refractivity contribution in [3.05, 3.63) is 11.6 Å². The molecule has 0 aliphatic rings. The standard InChI is InChI=1S/C5H8O2.C4H6O4/c1-3-4(2)5(6)7;5-3(6)1-2-4(7)8/h3H,1-2H3,(H,6,7);1-2H2,(H,5,6)(H,7,8). The van der Waals surface area contributed by atoms with Gasteiger partial charge in [-0.25, -0.2) is 4.79 Å². The normalized spacial score (nSPS) is 9.87. The average Bonchev–Trinajstić information content (AvgIpc) is 2.14. The molecule has 6 heteroatoms. The van der Waals surface area contributed by atoms with Crippen molar-refractivity contribution < 1.29 is 29.7 Å². The molecule has 0 aromatic carbocycles. The molecule has 0 aromatic heterocycles. The molecule has 3 N–H and O–H groups in total. The molecule has 15 heavy (non-hydrogen) atoms. The molecule has 0 unspecified atom stereocenters. The molecule has 86 valence electrons. The van der Waals surface area contributed by atoms with Crippen LogP contribution in [0.2, 0.25) is 0 Å². The van der Waals surface area contributed by atoms with Gasteiger partial charge in [-0.2, -0.15) is 0 Å². The first-order chi connectivity index (χ1) is 6.81. The first kappa shape index (κ1) is 15.6. The second kappa shape index (κ2) is 8.74. The number of allylic oxidation sites excluding steroid dienone is 1. The summed E-state index contributed by atoms with van der Waals surface area (Å²) in [6.45, 7) is 3.26. The van der Waals surface area contributed by atoms with E-state index in [0.29, 0.717) is 5.57 Å². The van der Waals surface area contributed by atoms with E-state index in [2.05, 4.69) is 0 Å². The van der Waals surface area contributed by atoms with E-state index in [-0.39, 0.29) is 12.8 Å². The maximum absolute atomic E-state index is 9.86. The molecule has 0 saturated heterocycles. The summed E-state index contributed by atoms with van der Waals surface area (Å²) in [5.74, 6) is -3.00. The highest BCUT2D eigenvalue weighted by molar-refractivity contribution is 5.85. The molecule has 0 aromatic rings. The van der Waals surface area contributed by atoms with E-state index in [1.165, 1.54) is 0 Å². The number of hydrogen-bond acceptors (Lipinski definition) is 3. The quantitative estimate of drug-likeness (QED) is 0.606. The molecule has 0 rings (SSSR count). The Morgan fingerprint density at radius 3 is 1.40 bits per heavy atom. The Labute approximate surface area is 86.8 Å². The Morgan fingerprint density at radius 1 is 1.00 bits per heavy atom. The molecular weight excluding hydrogens is 204 g/mol. The summed E-state index contributed by atoms with van der Waals surface area (Å²) in [6, 6.07) is 0. The molecule has 0 aliphatic carbocycles. The number of aliphatic carboxylic acids is 3. The van der Waals surface area contributed by atoms with E-state index in [9.17, 15) is 14.4 Å². The maximum atomic E-state index is 9.86. The summed E-state index contributed by atoms with van der Waals surface area (Å²) >= 11 is 0. The third-order valence-electron chi connectivity index (χ3n) is 1.32. The molecule has 0 fully saturated rings. The molecule has 0 aliphatic heterocycles. The molecule has 0 atom stereocenters. The Kier molecular flexibility index (Phi) is 9.09. The summed E-state index contributed by atoms with van der Waals surface area (Å²) in [5, 5.41) is 23.9. The van der Waals surface area contributed by atoms with Gasteiger partial charge in [0.15, 0.2) is 0 Å². The summed E-state index contributed by atoms with van der Waals surface area (Å²) in [4.78, 5) is 29.1. The molecule has 0 amide bonds. The van der Waals surface area contributed by atoms with Crippen LogP contribution in [-0.2, 0) is 14.4 Å². The highest BCUT2D eigenvalue weighted by atomic mass is 16.4. The van der Waals surface area contributed by atoms with Crippen molar-refractivity contribution in [2.24, 2.45) is 0 Å². The van der Waals surface area contributed by atoms with Gasteiger partial charge in [0.05, 0.1) is 12.8 Å². The van der Waals surface area contributed by atoms with Crippen molar-refractivity contribution in [2.45, 2.75) is 26.7 Å². The van der Waals surface area contributed by atoms with Crippen molar-refractivity contribution in [3.8, 4) is 0 Å². The minimum absolute atomic E-state index is 0.296. The number of hydrogen-bond donors (Lipinski definition) is 3. The van der Waals surface area contributed by atoms with E-state index in [1.807, 2.05) is 0 Å². The zero-order valence-electron chi connectivity index (χ0n) is 8.56. The van der Waals surface area contributed by atoms with Gasteiger partial charge >= 0.3 is 17.9 Å². The first-order valence-corrected chi connectivity index (χ1v) is 4.11. The summed E-state index contributed by atoms with van der Waals surface area (Å²) in [5.41, 5.74) is 0.389. The second-order valence-electron chi connectivity index (χ2n) is 2.56. The highest BCUT2D eigenvalue weighted by Gasteiger charge is 2.00. The van der Waals surface area contributed by atoms with Crippen molar-refractivity contribution in [1.82, 2.24) is 0 Å². The van der Waals surface area contributed by atoms with Crippen LogP contribution in [-0.4, -0.2) is 33.2 Å². The summed E-state index contributed by atoms with van der Waals surface area (Å²) in [6.07, 6.45) is 0.965. The van der Waals surface area contributed by atoms with Crippen LogP contribution in [0.1, 0.15) is 26.7 Å². The lowest BCUT2D eigenvalue weighted by Crippen LogP contribution is -2.00. The smallest absolute Gasteiger partial charge is 0.330 e. The lowest BCUT2D eigenvalue weighted by atomic mass is 10.3. The third kappa shape index (κ3) is 15.0. The van der Waals surface area contributed by atoms with Gasteiger partial charge in [-0.3, -0.25) is 9.59 Å². The Bertz CT molecular complexity index is 252. The van der Waals surface area contributed by atoms with Crippen LogP contribution in [0.25, 0.3) is 0 Å². The Balaban J connectivity index is 0. The molecular formula is C9H14O6. The van der Waals surface area contributed by atoms with Gasteiger partial charge in [-0.1, -0.05) is 6.08 Å². The molecule has 0 radical (unpaired) electrons. The fourth-order valence-corrected chi connectivity index (χ4v) is 0.337. The second-order valence-corrected chi connectivity index (χ2v) is 2.56. The monoisotopic (exact) mass is 218 g/mol. The zero-order valence-corrected chi connectivity index (χ0v) is 8.56. The summed E-state index contributed by atoms with van der Waals surface area (Å²) in [7, 11) is 0. The van der Waals surface area contributed by atoms with Gasteiger partial charge in [-0.05, 0) is 13.8 Å². The lowest BCUT2D eigenvalue weighted by molar-refractivity contribution is -0.143. The molecule has 0 spiro atoms. The molecule has 0 saturated carbocycles. The molecule has 6 nitrogen and oxygen atoms in total. The fourth-order valence-electron chi connectivity index (χ4n) is 0.337. The van der Waals surface area contributed by atoms with Crippen LogP contribution in [0.3, 0.4) is 0 Å². The van der Waals surface area contributed by atoms with E-state index in [1.54, 1.807) is 19.9 Å². The van der Waals surface area contributed by atoms with E-state index >= 15 is 0 Å². The van der Waals surface area contributed by atoms with Gasteiger partial charge in [0.25, 0.3) is 0 Å². The van der Waals surface area contributed by atoms with Gasteiger partial charge < -0.3 is 15.3 Å². The minimum Gasteiger partial charge on any atom is -0.481 e. The predicted molar refractivity (Wildman–Crippen MR) is 51.6 cm³/mol. The van der Waals surface area contributed by atoms with Crippen LogP contribution < -0.4 is 0 Å². The number of carbonyl (C=O) groups is 3. The van der Waals surface area contributed by atoms with E-state index < -0.39 is 17.9 Å². The molecule has 0 heterocycles. The van der Waals surface area contributed by atoms with Crippen LogP contribution in [0.5, 0.6) is 0 Å². The average molecular weight is 218 g/mol. The predicted octanol–water partition coefficient (Wildman–Crippen LogP) is 0.973. The lowest BCUT2D eigenvalue weighted by Gasteiger charge is -1.85. The van der Waals surface area contributed by atoms with E-state index in [4.69, 9.17) is 15.3 Å². The highest BCUT2D eigenvalue weighted by Crippen LogP contribution is 1.87. The Morgan fingerprint density at radius 2 is 1.33 bits per heavy atom. The number of rotatable bonds is 4. The van der Waals surface area contributed by atoms with Crippen LogP contribution in [0.15, 0.2) is 11.6 Å². The van der Waals surface area contributed by atoms with Gasteiger partial charge in [0.2, 0.25) is 0 Å². The Hall–Kier alpha value is -1.85. The van der Waals surface area contributed by atoms with Crippen LogP contribution in [0, 0.1) is 0 Å². The topological polar surface area (TPSA) is 112 Å². The zero-order chi connectivity index (χ0) is 12.4. The minimum atomic E-state index is -1.08. The van der Waals surface area contributed by atoms with Gasteiger partial charge in [0, 0.05) is 5.57 Å². The largest absolute Gasteiger partial charge is 0.481 e. The SMILES string of the molecule is CC=C(C)C(=O)O.O=C(O)CCC(=O)O. The van der Waals surface area contributed by atoms with Gasteiger partial charge in [0.1, 0.15) is 0 Å².